The summed E-state index contributed by atoms with van der Waals surface area (Å²) in [6.07, 6.45) is 2.63. The van der Waals surface area contributed by atoms with Gasteiger partial charge in [-0.3, -0.25) is 0 Å². The van der Waals surface area contributed by atoms with Crippen LogP contribution < -0.4 is 10.2 Å². The van der Waals surface area contributed by atoms with Gasteiger partial charge in [0.25, 0.3) is 0 Å². The molecule has 0 saturated carbocycles. The molecule has 0 amide bonds. The number of benzene rings is 2. The van der Waals surface area contributed by atoms with Gasteiger partial charge in [0.05, 0.1) is 10.7 Å². The first-order valence-corrected chi connectivity index (χ1v) is 7.53. The van der Waals surface area contributed by atoms with Gasteiger partial charge in [-0.15, -0.1) is 0 Å². The Morgan fingerprint density at radius 2 is 1.65 bits per heavy atom. The second kappa shape index (κ2) is 6.19. The van der Waals surface area contributed by atoms with Gasteiger partial charge in [-0.25, -0.2) is 0 Å². The monoisotopic (exact) mass is 286 g/mol. The molecule has 0 spiro atoms. The Balaban J connectivity index is 1.62. The van der Waals surface area contributed by atoms with Gasteiger partial charge in [-0.05, 0) is 42.7 Å². The van der Waals surface area contributed by atoms with Gasteiger partial charge in [0.15, 0.2) is 0 Å². The van der Waals surface area contributed by atoms with Crippen molar-refractivity contribution in [3.63, 3.8) is 0 Å². The molecule has 1 heterocycles. The molecule has 20 heavy (non-hydrogen) atoms. The fraction of sp³-hybridized carbons (Fsp3) is 0.294. The Kier molecular flexibility index (Phi) is 4.12. The van der Waals surface area contributed by atoms with Crippen LogP contribution in [0.15, 0.2) is 48.5 Å². The van der Waals surface area contributed by atoms with Gasteiger partial charge in [0.1, 0.15) is 0 Å². The normalized spacial score (nSPS) is 14.6. The van der Waals surface area contributed by atoms with Crippen molar-refractivity contribution in [1.29, 1.82) is 0 Å². The number of nitrogens with one attached hydrogen (secondary N) is 1. The van der Waals surface area contributed by atoms with Crippen LogP contribution in [-0.4, -0.2) is 13.1 Å². The Labute approximate surface area is 125 Å². The number of para-hydroxylation sites is 1. The van der Waals surface area contributed by atoms with Crippen LogP contribution >= 0.6 is 11.6 Å². The second-order valence-corrected chi connectivity index (χ2v) is 5.60. The first kappa shape index (κ1) is 13.3. The van der Waals surface area contributed by atoms with Crippen LogP contribution in [0, 0.1) is 0 Å². The van der Waals surface area contributed by atoms with Crippen molar-refractivity contribution in [2.45, 2.75) is 19.4 Å². The van der Waals surface area contributed by atoms with Crippen LogP contribution in [0.3, 0.4) is 0 Å². The van der Waals surface area contributed by atoms with Crippen LogP contribution in [0.2, 0.25) is 5.02 Å². The summed E-state index contributed by atoms with van der Waals surface area (Å²) in [6, 6.07) is 16.7. The molecular formula is C17H19ClN2. The molecule has 0 bridgehead atoms. The molecule has 1 saturated heterocycles. The number of nitrogens with zero attached hydrogens (tertiary/aromatic N) is 1. The van der Waals surface area contributed by atoms with Gasteiger partial charge in [0.2, 0.25) is 0 Å². The van der Waals surface area contributed by atoms with Crippen LogP contribution in [0.25, 0.3) is 0 Å². The molecule has 2 aromatic rings. The van der Waals surface area contributed by atoms with Crippen LogP contribution in [0.5, 0.6) is 0 Å². The van der Waals surface area contributed by atoms with Crippen LogP contribution in [0.1, 0.15) is 18.4 Å². The lowest BCUT2D eigenvalue weighted by Crippen LogP contribution is -2.17. The number of hydrogen-bond donors (Lipinski definition) is 1. The van der Waals surface area contributed by atoms with Gasteiger partial charge < -0.3 is 10.2 Å². The molecule has 104 valence electrons. The van der Waals surface area contributed by atoms with Crippen LogP contribution in [-0.2, 0) is 6.54 Å². The van der Waals surface area contributed by atoms with E-state index in [0.29, 0.717) is 0 Å². The Bertz CT molecular complexity index is 559. The lowest BCUT2D eigenvalue weighted by molar-refractivity contribution is 0.949. The fourth-order valence-corrected chi connectivity index (χ4v) is 2.80. The first-order chi connectivity index (χ1) is 9.83. The third-order valence-corrected chi connectivity index (χ3v) is 4.09. The first-order valence-electron chi connectivity index (χ1n) is 7.15. The fourth-order valence-electron chi connectivity index (χ4n) is 2.60. The topological polar surface area (TPSA) is 15.3 Å². The molecule has 2 aromatic carbocycles. The third kappa shape index (κ3) is 3.07. The van der Waals surface area contributed by atoms with E-state index >= 15 is 0 Å². The average Bonchev–Trinajstić information content (AvgIpc) is 3.01. The largest absolute Gasteiger partial charge is 0.380 e. The standard InChI is InChI=1S/C17H19ClN2/c18-16-5-1-2-6-17(16)19-13-14-7-9-15(10-8-14)20-11-3-4-12-20/h1-2,5-10,19H,3-4,11-13H2. The lowest BCUT2D eigenvalue weighted by atomic mass is 10.2. The van der Waals surface area contributed by atoms with Crippen molar-refractivity contribution in [3.8, 4) is 0 Å². The zero-order chi connectivity index (χ0) is 13.8. The van der Waals surface area contributed by atoms with Crippen molar-refractivity contribution >= 4 is 23.0 Å². The molecule has 1 aliphatic heterocycles. The molecule has 1 fully saturated rings. The Hall–Kier alpha value is -1.67. The molecule has 0 atom stereocenters. The summed E-state index contributed by atoms with van der Waals surface area (Å²) in [7, 11) is 0. The summed E-state index contributed by atoms with van der Waals surface area (Å²) in [5, 5.41) is 4.14. The third-order valence-electron chi connectivity index (χ3n) is 3.76. The van der Waals surface area contributed by atoms with Gasteiger partial charge in [0, 0.05) is 25.3 Å². The molecule has 3 heteroatoms. The summed E-state index contributed by atoms with van der Waals surface area (Å²) in [6.45, 7) is 3.18. The molecule has 0 aliphatic carbocycles. The van der Waals surface area contributed by atoms with E-state index in [0.717, 1.165) is 17.3 Å². The highest BCUT2D eigenvalue weighted by atomic mass is 35.5. The lowest BCUT2D eigenvalue weighted by Gasteiger charge is -2.18. The maximum Gasteiger partial charge on any atom is 0.0637 e. The van der Waals surface area contributed by atoms with Crippen LogP contribution in [0.4, 0.5) is 11.4 Å². The average molecular weight is 287 g/mol. The Morgan fingerprint density at radius 1 is 0.950 bits per heavy atom. The van der Waals surface area contributed by atoms with E-state index in [2.05, 4.69) is 34.5 Å². The predicted molar refractivity (Wildman–Crippen MR) is 86.7 cm³/mol. The predicted octanol–water partition coefficient (Wildman–Crippen LogP) is 4.55. The van der Waals surface area contributed by atoms with E-state index in [1.165, 1.54) is 37.2 Å². The highest BCUT2D eigenvalue weighted by molar-refractivity contribution is 6.33. The molecule has 0 aromatic heterocycles. The van der Waals surface area contributed by atoms with E-state index in [4.69, 9.17) is 11.6 Å². The molecule has 1 aliphatic rings. The maximum atomic E-state index is 6.13. The summed E-state index contributed by atoms with van der Waals surface area (Å²) in [5.41, 5.74) is 3.59. The number of anilines is 2. The summed E-state index contributed by atoms with van der Waals surface area (Å²) < 4.78 is 0. The van der Waals surface area contributed by atoms with E-state index in [-0.39, 0.29) is 0 Å². The highest BCUT2D eigenvalue weighted by Crippen LogP contribution is 2.23. The van der Waals surface area contributed by atoms with Crippen molar-refractivity contribution in [2.24, 2.45) is 0 Å². The van der Waals surface area contributed by atoms with Gasteiger partial charge >= 0.3 is 0 Å². The Morgan fingerprint density at radius 3 is 2.35 bits per heavy atom. The zero-order valence-corrected chi connectivity index (χ0v) is 12.2. The molecule has 1 N–H and O–H groups in total. The molecule has 3 rings (SSSR count). The van der Waals surface area contributed by atoms with Gasteiger partial charge in [-0.1, -0.05) is 35.9 Å². The summed E-state index contributed by atoms with van der Waals surface area (Å²) in [4.78, 5) is 2.45. The van der Waals surface area contributed by atoms with Crippen molar-refractivity contribution < 1.29 is 0 Å². The minimum Gasteiger partial charge on any atom is -0.380 e. The van der Waals surface area contributed by atoms with Crippen molar-refractivity contribution in [1.82, 2.24) is 0 Å². The minimum absolute atomic E-state index is 0.765. The van der Waals surface area contributed by atoms with E-state index < -0.39 is 0 Å². The van der Waals surface area contributed by atoms with E-state index in [1.807, 2.05) is 24.3 Å². The number of halogens is 1. The summed E-state index contributed by atoms with van der Waals surface area (Å²) >= 11 is 6.13. The smallest absolute Gasteiger partial charge is 0.0637 e. The highest BCUT2D eigenvalue weighted by Gasteiger charge is 2.11. The molecule has 2 nitrogen and oxygen atoms in total. The summed E-state index contributed by atoms with van der Waals surface area (Å²) in [5.74, 6) is 0. The molecular weight excluding hydrogens is 268 g/mol. The SMILES string of the molecule is Clc1ccccc1NCc1ccc(N2CCCC2)cc1. The minimum atomic E-state index is 0.765. The molecule has 0 radical (unpaired) electrons. The molecule has 0 unspecified atom stereocenters. The van der Waals surface area contributed by atoms with Crippen molar-refractivity contribution in [2.75, 3.05) is 23.3 Å². The zero-order valence-electron chi connectivity index (χ0n) is 11.5. The van der Waals surface area contributed by atoms with Crippen molar-refractivity contribution in [3.05, 3.63) is 59.1 Å². The van der Waals surface area contributed by atoms with E-state index in [1.54, 1.807) is 0 Å². The maximum absolute atomic E-state index is 6.13. The second-order valence-electron chi connectivity index (χ2n) is 5.19. The number of hydrogen-bond acceptors (Lipinski definition) is 2. The van der Waals surface area contributed by atoms with Gasteiger partial charge in [-0.2, -0.15) is 0 Å². The van der Waals surface area contributed by atoms with E-state index in [9.17, 15) is 0 Å². The quantitative estimate of drug-likeness (QED) is 0.887. The number of rotatable bonds is 4.